The molecular weight excluding hydrogens is 981 g/mol. The molecule has 0 bridgehead atoms. The van der Waals surface area contributed by atoms with Crippen LogP contribution in [0, 0.1) is 0 Å². The van der Waals surface area contributed by atoms with Crippen LogP contribution in [0.5, 0.6) is 0 Å². The fourth-order valence-electron chi connectivity index (χ4n) is 7.54. The average molecular weight is 1020 g/mol. The number of Topliss-reactive ketones (excluding diaryl/α,β-unsaturated/α-hetero) is 3. The quantitative estimate of drug-likeness (QED) is 0.0537. The van der Waals surface area contributed by atoms with Gasteiger partial charge in [-0.2, -0.15) is 0 Å². The molecule has 12 rings (SSSR count). The van der Waals surface area contributed by atoms with Gasteiger partial charge in [0.1, 0.15) is 0 Å². The van der Waals surface area contributed by atoms with E-state index < -0.39 is 0 Å². The third-order valence-electron chi connectivity index (χ3n) is 11.5. The number of hydrogen-bond donors (Lipinski definition) is 0. The zero-order valence-electron chi connectivity index (χ0n) is 37.3. The van der Waals surface area contributed by atoms with Crippen molar-refractivity contribution in [2.24, 2.45) is 0 Å². The molecule has 352 valence electrons. The van der Waals surface area contributed by atoms with Crippen LogP contribution in [0.4, 0.5) is 0 Å². The number of benzene rings is 2. The number of ketones is 3. The van der Waals surface area contributed by atoms with Crippen LogP contribution in [0.1, 0.15) is 86.4 Å². The van der Waals surface area contributed by atoms with E-state index in [-0.39, 0.29) is 63.7 Å². The van der Waals surface area contributed by atoms with Gasteiger partial charge in [0.2, 0.25) is 0 Å². The van der Waals surface area contributed by atoms with Crippen LogP contribution in [0.15, 0.2) is 156 Å². The topological polar surface area (TPSA) is 182 Å². The fraction of sp³-hybridized carbons (Fsp3) is 0.235. The Morgan fingerprint density at radius 1 is 0.471 bits per heavy atom. The first-order chi connectivity index (χ1) is 34.2. The summed E-state index contributed by atoms with van der Waals surface area (Å²) in [4.78, 5) is 98.4. The van der Waals surface area contributed by atoms with Gasteiger partial charge in [-0.3, -0.25) is 42.5 Å². The number of thioether (sulfide) groups is 3. The molecule has 3 aliphatic rings. The molecule has 3 saturated carbocycles. The van der Waals surface area contributed by atoms with Crippen molar-refractivity contribution in [2.75, 3.05) is 17.3 Å². The summed E-state index contributed by atoms with van der Waals surface area (Å²) in [5.41, 5.74) is 2.13. The second-order valence-corrected chi connectivity index (χ2v) is 21.3. The Morgan fingerprint density at radius 2 is 0.886 bits per heavy atom. The summed E-state index contributed by atoms with van der Waals surface area (Å²) in [6, 6.07) is 31.6. The van der Waals surface area contributed by atoms with Gasteiger partial charge in [-0.1, -0.05) is 89.9 Å². The zero-order chi connectivity index (χ0) is 48.1. The summed E-state index contributed by atoms with van der Waals surface area (Å²) in [6.07, 6.45) is 9.20. The van der Waals surface area contributed by atoms with Crippen LogP contribution in [0.3, 0.4) is 0 Å². The summed E-state index contributed by atoms with van der Waals surface area (Å²) < 4.78 is 5.23. The van der Waals surface area contributed by atoms with Gasteiger partial charge in [0.15, 0.2) is 44.1 Å². The van der Waals surface area contributed by atoms with Gasteiger partial charge in [0, 0.05) is 36.1 Å². The molecule has 0 radical (unpaired) electrons. The lowest BCUT2D eigenvalue weighted by Crippen LogP contribution is -2.23. The molecule has 14 nitrogen and oxygen atoms in total. The molecule has 0 N–H and O–H groups in total. The van der Waals surface area contributed by atoms with Gasteiger partial charge in [-0.05, 0) is 97.8 Å². The number of aromatic nitrogens is 8. The standard InChI is InChI=1S/C18H15N3O2S.C17H14N2O2S2.C16H13N3O2S2/c22-15(12-5-2-1-3-6-12)11-24-18-20-16-14(7-4-10-19-16)17(23)21(18)13-8-9-13;20-14(15-6-3-9-22-15)10-23-17-18-13-5-2-1-4-12(13)16(21)19(17)11-7-8-11;20-12(13-4-2-8-22-13)9-23-16-18-14-11(3-1-7-17-14)15(21)19(16)10-5-6-10/h1-7,10,13H,8-9,11H2;1-6,9,11H,7-8,10H2;1-4,7-8,10H,5-6,9H2. The normalized spacial score (nSPS) is 14.2. The molecule has 9 aromatic rings. The molecule has 3 fully saturated rings. The molecule has 3 aliphatic carbocycles. The third kappa shape index (κ3) is 10.8. The lowest BCUT2D eigenvalue weighted by molar-refractivity contribution is 0.101. The summed E-state index contributed by atoms with van der Waals surface area (Å²) >= 11 is 6.86. The Labute approximate surface area is 420 Å². The maximum absolute atomic E-state index is 12.7. The summed E-state index contributed by atoms with van der Waals surface area (Å²) in [7, 11) is 0. The highest BCUT2D eigenvalue weighted by atomic mass is 32.2. The van der Waals surface area contributed by atoms with E-state index in [0.717, 1.165) is 48.3 Å². The monoisotopic (exact) mass is 1020 g/mol. The van der Waals surface area contributed by atoms with Crippen LogP contribution in [-0.2, 0) is 0 Å². The largest absolute Gasteiger partial charge is 0.293 e. The molecule has 7 aromatic heterocycles. The van der Waals surface area contributed by atoms with E-state index in [1.807, 2.05) is 77.5 Å². The number of fused-ring (bicyclic) bond motifs is 3. The molecule has 0 unspecified atom stereocenters. The minimum Gasteiger partial charge on any atom is -0.293 e. The number of rotatable bonds is 15. The lowest BCUT2D eigenvalue weighted by Gasteiger charge is -2.11. The molecule has 0 saturated heterocycles. The van der Waals surface area contributed by atoms with Gasteiger partial charge in [0.05, 0.1) is 48.7 Å². The third-order valence-corrected chi connectivity index (χ3v) is 16.2. The number of hydrogen-bond acceptors (Lipinski definition) is 16. The number of nitrogens with zero attached hydrogens (tertiary/aromatic N) is 8. The van der Waals surface area contributed by atoms with Gasteiger partial charge in [-0.15, -0.1) is 22.7 Å². The molecule has 19 heteroatoms. The number of para-hydroxylation sites is 1. The van der Waals surface area contributed by atoms with E-state index in [9.17, 15) is 28.8 Å². The summed E-state index contributed by atoms with van der Waals surface area (Å²) in [6.45, 7) is 0. The van der Waals surface area contributed by atoms with Crippen LogP contribution in [0.25, 0.3) is 33.0 Å². The Bertz CT molecular complexity index is 3420. The Morgan fingerprint density at radius 3 is 1.34 bits per heavy atom. The van der Waals surface area contributed by atoms with Crippen molar-refractivity contribution >= 4 is 108 Å². The molecular formula is C51H42N8O6S5. The van der Waals surface area contributed by atoms with Crippen LogP contribution in [0.2, 0.25) is 0 Å². The SMILES string of the molecule is O=C(CSc1nc2ccccc2c(=O)n1C1CC1)c1cccs1.O=C(CSc1nc2ncccc2c(=O)n1C1CC1)c1ccccc1.O=C(CSc1nc2ncccc2c(=O)n1C1CC1)c1cccs1. The predicted octanol–water partition coefficient (Wildman–Crippen LogP) is 10.0. The molecule has 0 aliphatic heterocycles. The highest BCUT2D eigenvalue weighted by molar-refractivity contribution is 8.00. The van der Waals surface area contributed by atoms with Crippen LogP contribution >= 0.6 is 58.0 Å². The number of carbonyl (C=O) groups is 3. The van der Waals surface area contributed by atoms with E-state index in [2.05, 4.69) is 24.9 Å². The van der Waals surface area contributed by atoms with Crippen molar-refractivity contribution in [3.8, 4) is 0 Å². The average Bonchev–Trinajstić information content (AvgIpc) is 4.37. The minimum absolute atomic E-state index is 0.00386. The Hall–Kier alpha value is -6.38. The maximum Gasteiger partial charge on any atom is 0.263 e. The second-order valence-electron chi connectivity index (χ2n) is 16.6. The first-order valence-corrected chi connectivity index (χ1v) is 27.3. The predicted molar refractivity (Wildman–Crippen MR) is 279 cm³/mol. The van der Waals surface area contributed by atoms with Crippen molar-refractivity contribution in [1.82, 2.24) is 38.6 Å². The summed E-state index contributed by atoms with van der Waals surface area (Å²) in [5.74, 6) is 0.994. The summed E-state index contributed by atoms with van der Waals surface area (Å²) in [5, 5.41) is 7.32. The highest BCUT2D eigenvalue weighted by Gasteiger charge is 2.31. The first-order valence-electron chi connectivity index (χ1n) is 22.6. The number of carbonyl (C=O) groups excluding carboxylic acids is 3. The van der Waals surface area contributed by atoms with Crippen molar-refractivity contribution in [3.05, 3.63) is 173 Å². The number of pyridine rings is 2. The lowest BCUT2D eigenvalue weighted by atomic mass is 10.2. The highest BCUT2D eigenvalue weighted by Crippen LogP contribution is 2.39. The van der Waals surface area contributed by atoms with E-state index in [0.29, 0.717) is 59.8 Å². The van der Waals surface area contributed by atoms with Crippen molar-refractivity contribution in [3.63, 3.8) is 0 Å². The molecule has 0 spiro atoms. The maximum atomic E-state index is 12.7. The number of thiophene rings is 2. The van der Waals surface area contributed by atoms with Crippen molar-refractivity contribution in [2.45, 2.75) is 72.1 Å². The Kier molecular flexibility index (Phi) is 14.4. The van der Waals surface area contributed by atoms with E-state index in [1.54, 1.807) is 62.5 Å². The minimum atomic E-state index is -0.0646. The van der Waals surface area contributed by atoms with Gasteiger partial charge in [-0.25, -0.2) is 24.9 Å². The van der Waals surface area contributed by atoms with E-state index in [4.69, 9.17) is 0 Å². The van der Waals surface area contributed by atoms with Gasteiger partial charge < -0.3 is 0 Å². The molecule has 0 atom stereocenters. The smallest absolute Gasteiger partial charge is 0.263 e. The first kappa shape index (κ1) is 47.3. The van der Waals surface area contributed by atoms with E-state index >= 15 is 0 Å². The molecule has 7 heterocycles. The molecule has 2 aromatic carbocycles. The van der Waals surface area contributed by atoms with Crippen LogP contribution < -0.4 is 16.7 Å². The molecule has 70 heavy (non-hydrogen) atoms. The van der Waals surface area contributed by atoms with E-state index in [1.165, 1.54) is 58.0 Å². The molecule has 0 amide bonds. The second kappa shape index (κ2) is 21.3. The van der Waals surface area contributed by atoms with Gasteiger partial charge >= 0.3 is 0 Å². The van der Waals surface area contributed by atoms with Crippen molar-refractivity contribution < 1.29 is 14.4 Å². The van der Waals surface area contributed by atoms with Crippen LogP contribution in [-0.4, -0.2) is 73.2 Å². The van der Waals surface area contributed by atoms with Crippen molar-refractivity contribution in [1.29, 1.82) is 0 Å². The zero-order valence-corrected chi connectivity index (χ0v) is 41.4. The van der Waals surface area contributed by atoms with Gasteiger partial charge in [0.25, 0.3) is 16.7 Å². The fourth-order valence-corrected chi connectivity index (χ4v) is 11.9. The Balaban J connectivity index is 0.000000122.